The lowest BCUT2D eigenvalue weighted by atomic mass is 10.3. The van der Waals surface area contributed by atoms with E-state index in [0.29, 0.717) is 26.4 Å². The zero-order chi connectivity index (χ0) is 12.1. The summed E-state index contributed by atoms with van der Waals surface area (Å²) < 4.78 is 20.7. The van der Waals surface area contributed by atoms with Crippen LogP contribution in [0.15, 0.2) is 0 Å². The minimum atomic E-state index is 0.249. The van der Waals surface area contributed by atoms with Crippen molar-refractivity contribution in [1.29, 1.82) is 0 Å². The van der Waals surface area contributed by atoms with E-state index >= 15 is 0 Å². The molecule has 0 radical (unpaired) electrons. The number of nitrogens with one attached hydrogen (secondary N) is 1. The first-order valence-electron chi connectivity index (χ1n) is 5.65. The van der Waals surface area contributed by atoms with Gasteiger partial charge in [-0.15, -0.1) is 0 Å². The van der Waals surface area contributed by atoms with Crippen LogP contribution in [0.4, 0.5) is 0 Å². The molecule has 1 atom stereocenters. The van der Waals surface area contributed by atoms with Crippen LogP contribution < -0.4 is 5.32 Å². The Morgan fingerprint density at radius 2 is 1.62 bits per heavy atom. The second kappa shape index (κ2) is 12.9. The molecule has 16 heavy (non-hydrogen) atoms. The molecule has 1 N–H and O–H groups in total. The highest BCUT2D eigenvalue weighted by atomic mass is 16.5. The van der Waals surface area contributed by atoms with Crippen LogP contribution in [0, 0.1) is 0 Å². The smallest absolute Gasteiger partial charge is 0.0701 e. The molecule has 0 aliphatic rings. The molecule has 0 saturated carbocycles. The van der Waals surface area contributed by atoms with Crippen LogP contribution in [0.1, 0.15) is 6.42 Å². The molecule has 0 spiro atoms. The summed E-state index contributed by atoms with van der Waals surface area (Å²) in [5, 5.41) is 3.11. The summed E-state index contributed by atoms with van der Waals surface area (Å²) in [6.07, 6.45) is 0.930. The lowest BCUT2D eigenvalue weighted by Crippen LogP contribution is -2.35. The molecular formula is C11H25NO4. The van der Waals surface area contributed by atoms with E-state index in [2.05, 4.69) is 5.32 Å². The second-order valence-corrected chi connectivity index (χ2v) is 3.47. The summed E-state index contributed by atoms with van der Waals surface area (Å²) in [4.78, 5) is 0. The Morgan fingerprint density at radius 3 is 2.25 bits per heavy atom. The van der Waals surface area contributed by atoms with Gasteiger partial charge in [0.25, 0.3) is 0 Å². The Balaban J connectivity index is 3.12. The van der Waals surface area contributed by atoms with Gasteiger partial charge >= 0.3 is 0 Å². The number of hydrogen-bond acceptors (Lipinski definition) is 5. The van der Waals surface area contributed by atoms with Gasteiger partial charge in [0.2, 0.25) is 0 Å². The van der Waals surface area contributed by atoms with Gasteiger partial charge in [0.15, 0.2) is 0 Å². The normalized spacial score (nSPS) is 12.9. The number of methoxy groups -OCH3 is 2. The monoisotopic (exact) mass is 235 g/mol. The number of hydrogen-bond donors (Lipinski definition) is 1. The zero-order valence-electron chi connectivity index (χ0n) is 10.7. The number of ether oxygens (including phenoxy) is 4. The van der Waals surface area contributed by atoms with Crippen molar-refractivity contribution in [1.82, 2.24) is 5.32 Å². The van der Waals surface area contributed by atoms with Crippen LogP contribution in [-0.4, -0.2) is 67.0 Å². The SMILES string of the molecule is CNC(COC)COCCOCCCOC. The number of rotatable bonds is 12. The largest absolute Gasteiger partial charge is 0.385 e. The van der Waals surface area contributed by atoms with Crippen molar-refractivity contribution in [2.75, 3.05) is 60.9 Å². The maximum atomic E-state index is 5.45. The average Bonchev–Trinajstić information content (AvgIpc) is 2.31. The molecule has 0 rings (SSSR count). The number of likely N-dealkylation sites (N-methyl/N-ethyl adjacent to an activating group) is 1. The van der Waals surface area contributed by atoms with E-state index < -0.39 is 0 Å². The Bertz CT molecular complexity index is 135. The van der Waals surface area contributed by atoms with Crippen molar-refractivity contribution in [3.8, 4) is 0 Å². The van der Waals surface area contributed by atoms with Gasteiger partial charge in [-0.1, -0.05) is 0 Å². The predicted octanol–water partition coefficient (Wildman–Crippen LogP) is 0.291. The lowest BCUT2D eigenvalue weighted by molar-refractivity contribution is 0.0238. The fraction of sp³-hybridized carbons (Fsp3) is 1.00. The summed E-state index contributed by atoms with van der Waals surface area (Å²) in [6.45, 7) is 4.03. The van der Waals surface area contributed by atoms with Gasteiger partial charge in [0.05, 0.1) is 32.5 Å². The van der Waals surface area contributed by atoms with Crippen LogP contribution in [0.2, 0.25) is 0 Å². The quantitative estimate of drug-likeness (QED) is 0.493. The molecule has 5 heteroatoms. The maximum absolute atomic E-state index is 5.45. The summed E-state index contributed by atoms with van der Waals surface area (Å²) in [7, 11) is 5.27. The molecule has 1 unspecified atom stereocenters. The van der Waals surface area contributed by atoms with Gasteiger partial charge in [0, 0.05) is 27.4 Å². The van der Waals surface area contributed by atoms with Gasteiger partial charge in [-0.2, -0.15) is 0 Å². The van der Waals surface area contributed by atoms with Gasteiger partial charge in [-0.3, -0.25) is 0 Å². The zero-order valence-corrected chi connectivity index (χ0v) is 10.7. The van der Waals surface area contributed by atoms with E-state index in [1.54, 1.807) is 14.2 Å². The molecule has 0 aromatic rings. The molecule has 98 valence electrons. The lowest BCUT2D eigenvalue weighted by Gasteiger charge is -2.15. The van der Waals surface area contributed by atoms with Crippen molar-refractivity contribution < 1.29 is 18.9 Å². The van der Waals surface area contributed by atoms with Gasteiger partial charge in [0.1, 0.15) is 0 Å². The standard InChI is InChI=1S/C11H25NO4/c1-12-11(9-14-3)10-16-8-7-15-6-4-5-13-2/h11-12H,4-10H2,1-3H3. The van der Waals surface area contributed by atoms with E-state index in [1.807, 2.05) is 7.05 Å². The molecule has 0 amide bonds. The molecular weight excluding hydrogens is 210 g/mol. The Kier molecular flexibility index (Phi) is 12.7. The van der Waals surface area contributed by atoms with Crippen molar-refractivity contribution in [3.63, 3.8) is 0 Å². The van der Waals surface area contributed by atoms with Crippen LogP contribution in [0.5, 0.6) is 0 Å². The molecule has 0 bridgehead atoms. The molecule has 0 heterocycles. The van der Waals surface area contributed by atoms with Gasteiger partial charge < -0.3 is 24.3 Å². The predicted molar refractivity (Wildman–Crippen MR) is 62.9 cm³/mol. The highest BCUT2D eigenvalue weighted by Crippen LogP contribution is 1.88. The van der Waals surface area contributed by atoms with E-state index in [0.717, 1.165) is 19.6 Å². The first-order valence-corrected chi connectivity index (χ1v) is 5.65. The molecule has 0 aromatic heterocycles. The summed E-state index contributed by atoms with van der Waals surface area (Å²) in [5.41, 5.74) is 0. The van der Waals surface area contributed by atoms with E-state index in [-0.39, 0.29) is 6.04 Å². The topological polar surface area (TPSA) is 49.0 Å². The third-order valence-corrected chi connectivity index (χ3v) is 2.10. The summed E-state index contributed by atoms with van der Waals surface area (Å²) in [5.74, 6) is 0. The fourth-order valence-electron chi connectivity index (χ4n) is 1.17. The maximum Gasteiger partial charge on any atom is 0.0701 e. The fourth-order valence-corrected chi connectivity index (χ4v) is 1.17. The Labute approximate surface area is 98.4 Å². The van der Waals surface area contributed by atoms with Crippen molar-refractivity contribution >= 4 is 0 Å². The molecule has 0 fully saturated rings. The minimum absolute atomic E-state index is 0.249. The van der Waals surface area contributed by atoms with Crippen LogP contribution >= 0.6 is 0 Å². The highest BCUT2D eigenvalue weighted by Gasteiger charge is 2.04. The molecule has 0 aliphatic carbocycles. The molecule has 0 aromatic carbocycles. The third kappa shape index (κ3) is 10.3. The van der Waals surface area contributed by atoms with E-state index in [1.165, 1.54) is 0 Å². The molecule has 0 saturated heterocycles. The Morgan fingerprint density at radius 1 is 0.875 bits per heavy atom. The van der Waals surface area contributed by atoms with Crippen LogP contribution in [0.3, 0.4) is 0 Å². The van der Waals surface area contributed by atoms with Crippen molar-refractivity contribution in [3.05, 3.63) is 0 Å². The van der Waals surface area contributed by atoms with Gasteiger partial charge in [-0.25, -0.2) is 0 Å². The van der Waals surface area contributed by atoms with Crippen molar-refractivity contribution in [2.45, 2.75) is 12.5 Å². The van der Waals surface area contributed by atoms with E-state index in [4.69, 9.17) is 18.9 Å². The Hall–Kier alpha value is -0.200. The summed E-state index contributed by atoms with van der Waals surface area (Å²) in [6, 6.07) is 0.249. The second-order valence-electron chi connectivity index (χ2n) is 3.47. The van der Waals surface area contributed by atoms with Crippen LogP contribution in [-0.2, 0) is 18.9 Å². The average molecular weight is 235 g/mol. The first kappa shape index (κ1) is 15.8. The third-order valence-electron chi connectivity index (χ3n) is 2.10. The first-order chi connectivity index (χ1) is 7.85. The van der Waals surface area contributed by atoms with Crippen molar-refractivity contribution in [2.24, 2.45) is 0 Å². The molecule has 5 nitrogen and oxygen atoms in total. The van der Waals surface area contributed by atoms with Gasteiger partial charge in [-0.05, 0) is 13.5 Å². The molecule has 0 aliphatic heterocycles. The highest BCUT2D eigenvalue weighted by molar-refractivity contribution is 4.61. The summed E-state index contributed by atoms with van der Waals surface area (Å²) >= 11 is 0. The van der Waals surface area contributed by atoms with Crippen LogP contribution in [0.25, 0.3) is 0 Å². The van der Waals surface area contributed by atoms with E-state index in [9.17, 15) is 0 Å². The minimum Gasteiger partial charge on any atom is -0.385 e.